The van der Waals surface area contributed by atoms with Crippen molar-refractivity contribution in [3.8, 4) is 0 Å². The Morgan fingerprint density at radius 3 is 2.60 bits per heavy atom. The summed E-state index contributed by atoms with van der Waals surface area (Å²) in [5.41, 5.74) is 1.28. The first kappa shape index (κ1) is 31.6. The van der Waals surface area contributed by atoms with Gasteiger partial charge in [-0.05, 0) is 75.8 Å². The number of H-pyrrole nitrogens is 1. The molecule has 4 heterocycles. The number of benzene rings is 1. The van der Waals surface area contributed by atoms with E-state index in [9.17, 15) is 18.8 Å². The van der Waals surface area contributed by atoms with Crippen LogP contribution in [-0.2, 0) is 14.9 Å². The monoisotopic (exact) mass is 657 g/mol. The number of nitrogens with one attached hydrogen (secondary N) is 2. The minimum atomic E-state index is -0.961. The van der Waals surface area contributed by atoms with Crippen molar-refractivity contribution in [3.05, 3.63) is 94.1 Å². The van der Waals surface area contributed by atoms with E-state index in [0.29, 0.717) is 55.0 Å². The fourth-order valence-corrected chi connectivity index (χ4v) is 7.52. The molecule has 1 saturated heterocycles. The van der Waals surface area contributed by atoms with Gasteiger partial charge < -0.3 is 15.0 Å². The van der Waals surface area contributed by atoms with Crippen LogP contribution in [-0.4, -0.2) is 66.1 Å². The predicted molar refractivity (Wildman–Crippen MR) is 173 cm³/mol. The van der Waals surface area contributed by atoms with Crippen LogP contribution < -0.4 is 11.0 Å². The van der Waals surface area contributed by atoms with Gasteiger partial charge in [0.25, 0.3) is 0 Å². The minimum Gasteiger partial charge on any atom is -0.444 e. The number of fused-ring (bicyclic) bond motifs is 3. The number of piperidine rings is 1. The number of aromatic amines is 1. The first-order valence-corrected chi connectivity index (χ1v) is 16.2. The molecule has 2 amide bonds. The van der Waals surface area contributed by atoms with Crippen molar-refractivity contribution in [1.29, 1.82) is 0 Å². The highest BCUT2D eigenvalue weighted by atomic mass is 19.2. The molecule has 3 aromatic heterocycles. The van der Waals surface area contributed by atoms with E-state index in [1.54, 1.807) is 61.0 Å². The Kier molecular flexibility index (Phi) is 7.87. The standard InChI is InChI=1S/C35H37F2N7O4/c1-34(2,3)48-33(47)41-26-19-35(26)23(22-6-4-7-24(36)28(22)37)10-9-20(29-30(35)39-15-14-38-29)18-27(45)43-16-11-21(12-17-43)44-25-8-5-13-40-31(25)42-32(44)46/h4-9,13-15,21,23,26H,10-12,16-19H2,1-3H3,(H,41,47)(H,40,42,46)/t23-,26?,35?/m0/s1. The van der Waals surface area contributed by atoms with Crippen LogP contribution in [0.15, 0.2) is 59.8 Å². The average Bonchev–Trinajstić information content (AvgIpc) is 3.67. The van der Waals surface area contributed by atoms with Gasteiger partial charge in [-0.3, -0.25) is 24.3 Å². The first-order valence-electron chi connectivity index (χ1n) is 16.2. The zero-order valence-electron chi connectivity index (χ0n) is 27.0. The number of amides is 2. The maximum absolute atomic E-state index is 15.4. The summed E-state index contributed by atoms with van der Waals surface area (Å²) in [6, 6.07) is 7.21. The molecule has 4 aromatic rings. The van der Waals surface area contributed by atoms with E-state index in [1.807, 2.05) is 12.1 Å². The van der Waals surface area contributed by atoms with Crippen LogP contribution in [0.25, 0.3) is 16.7 Å². The third-order valence-electron chi connectivity index (χ3n) is 9.73. The Bertz CT molecular complexity index is 1990. The van der Waals surface area contributed by atoms with Crippen molar-refractivity contribution < 1.29 is 23.1 Å². The number of carbonyl (C=O) groups excluding carboxylic acids is 2. The molecule has 1 spiro atoms. The zero-order chi connectivity index (χ0) is 33.8. The Balaban J connectivity index is 1.15. The van der Waals surface area contributed by atoms with Gasteiger partial charge in [0.1, 0.15) is 5.60 Å². The van der Waals surface area contributed by atoms with Gasteiger partial charge in [-0.2, -0.15) is 0 Å². The predicted octanol–water partition coefficient (Wildman–Crippen LogP) is 5.15. The third kappa shape index (κ3) is 5.64. The summed E-state index contributed by atoms with van der Waals surface area (Å²) in [4.78, 5) is 57.6. The molecule has 13 heteroatoms. The van der Waals surface area contributed by atoms with E-state index in [2.05, 4.69) is 20.3 Å². The molecular formula is C35H37F2N7O4. The highest BCUT2D eigenvalue weighted by molar-refractivity contribution is 5.89. The maximum atomic E-state index is 15.4. The molecule has 3 aliphatic rings. The van der Waals surface area contributed by atoms with Gasteiger partial charge in [-0.1, -0.05) is 18.2 Å². The molecule has 1 aromatic carbocycles. The van der Waals surface area contributed by atoms with Gasteiger partial charge in [-0.25, -0.2) is 23.4 Å². The van der Waals surface area contributed by atoms with Crippen molar-refractivity contribution in [3.63, 3.8) is 0 Å². The van der Waals surface area contributed by atoms with Crippen LogP contribution >= 0.6 is 0 Å². The summed E-state index contributed by atoms with van der Waals surface area (Å²) in [7, 11) is 0. The molecule has 1 saturated carbocycles. The Morgan fingerprint density at radius 1 is 1.06 bits per heavy atom. The van der Waals surface area contributed by atoms with E-state index in [0.717, 1.165) is 11.6 Å². The number of alkyl carbamates (subject to hydrolysis) is 1. The second kappa shape index (κ2) is 11.9. The van der Waals surface area contributed by atoms with Crippen LogP contribution in [0.3, 0.4) is 0 Å². The number of imidazole rings is 1. The Hall–Kier alpha value is -4.94. The molecule has 11 nitrogen and oxygen atoms in total. The topological polar surface area (TPSA) is 135 Å². The lowest BCUT2D eigenvalue weighted by molar-refractivity contribution is -0.131. The molecule has 2 unspecified atom stereocenters. The van der Waals surface area contributed by atoms with Crippen molar-refractivity contribution in [2.75, 3.05) is 13.1 Å². The van der Waals surface area contributed by atoms with Gasteiger partial charge >= 0.3 is 11.8 Å². The number of halogens is 2. The molecule has 3 atom stereocenters. The number of rotatable bonds is 5. The van der Waals surface area contributed by atoms with E-state index in [-0.39, 0.29) is 36.0 Å². The lowest BCUT2D eigenvalue weighted by atomic mass is 9.78. The quantitative estimate of drug-likeness (QED) is 0.303. The van der Waals surface area contributed by atoms with Gasteiger partial charge in [0, 0.05) is 55.1 Å². The van der Waals surface area contributed by atoms with Crippen LogP contribution in [0.4, 0.5) is 13.6 Å². The highest BCUT2D eigenvalue weighted by Crippen LogP contribution is 2.61. The van der Waals surface area contributed by atoms with Gasteiger partial charge in [0.15, 0.2) is 17.3 Å². The Morgan fingerprint density at radius 2 is 1.83 bits per heavy atom. The highest BCUT2D eigenvalue weighted by Gasteiger charge is 2.64. The van der Waals surface area contributed by atoms with Gasteiger partial charge in [0.05, 0.1) is 23.3 Å². The fourth-order valence-electron chi connectivity index (χ4n) is 7.52. The molecule has 250 valence electrons. The number of ether oxygens (including phenoxy) is 1. The van der Waals surface area contributed by atoms with Gasteiger partial charge in [-0.15, -0.1) is 0 Å². The molecule has 0 radical (unpaired) electrons. The fraction of sp³-hybridized carbons (Fsp3) is 0.429. The van der Waals surface area contributed by atoms with Crippen molar-refractivity contribution in [2.24, 2.45) is 0 Å². The van der Waals surface area contributed by atoms with Crippen LogP contribution in [0.5, 0.6) is 0 Å². The number of hydrogen-bond acceptors (Lipinski definition) is 7. The van der Waals surface area contributed by atoms with Crippen molar-refractivity contribution in [1.82, 2.24) is 34.7 Å². The van der Waals surface area contributed by atoms with E-state index < -0.39 is 40.7 Å². The van der Waals surface area contributed by atoms with E-state index in [4.69, 9.17) is 9.72 Å². The van der Waals surface area contributed by atoms with Crippen LogP contribution in [0.1, 0.15) is 81.8 Å². The number of pyridine rings is 1. The molecule has 2 fully saturated rings. The molecular weight excluding hydrogens is 620 g/mol. The lowest BCUT2D eigenvalue weighted by Gasteiger charge is -2.32. The summed E-state index contributed by atoms with van der Waals surface area (Å²) in [5.74, 6) is -2.61. The summed E-state index contributed by atoms with van der Waals surface area (Å²) in [6.07, 6.45) is 7.90. The third-order valence-corrected chi connectivity index (χ3v) is 9.73. The Labute approximate surface area is 275 Å². The number of allylic oxidation sites excluding steroid dienone is 1. The molecule has 1 aliphatic heterocycles. The lowest BCUT2D eigenvalue weighted by Crippen LogP contribution is -2.40. The number of hydrogen-bond donors (Lipinski definition) is 2. The van der Waals surface area contributed by atoms with Crippen molar-refractivity contribution >= 4 is 28.7 Å². The summed E-state index contributed by atoms with van der Waals surface area (Å²) in [6.45, 7) is 6.23. The number of carbonyl (C=O) groups is 2. The van der Waals surface area contributed by atoms with Crippen molar-refractivity contribution in [2.45, 2.75) is 81.9 Å². The zero-order valence-corrected chi connectivity index (χ0v) is 27.0. The number of likely N-dealkylation sites (tertiary alicyclic amines) is 1. The van der Waals surface area contributed by atoms with E-state index in [1.165, 1.54) is 6.07 Å². The number of aromatic nitrogens is 5. The molecule has 7 rings (SSSR count). The number of nitrogens with zero attached hydrogens (tertiary/aromatic N) is 5. The largest absolute Gasteiger partial charge is 0.444 e. The molecule has 2 aliphatic carbocycles. The first-order chi connectivity index (χ1) is 23.0. The molecule has 48 heavy (non-hydrogen) atoms. The molecule has 2 N–H and O–H groups in total. The summed E-state index contributed by atoms with van der Waals surface area (Å²) < 4.78 is 37.3. The second-order valence-electron chi connectivity index (χ2n) is 13.8. The SMILES string of the molecule is CC(C)(C)OC(=O)NC1CC12c1nccnc1C(CC(=O)N1CCC(n3c(=O)[nH]c4ncccc43)CC1)=CC[C@H]2c1cccc(F)c1F. The molecule has 0 bridgehead atoms. The van der Waals surface area contributed by atoms with Gasteiger partial charge in [0.2, 0.25) is 5.91 Å². The smallest absolute Gasteiger partial charge is 0.407 e. The average molecular weight is 658 g/mol. The van der Waals surface area contributed by atoms with Crippen LogP contribution in [0.2, 0.25) is 0 Å². The maximum Gasteiger partial charge on any atom is 0.407 e. The summed E-state index contributed by atoms with van der Waals surface area (Å²) in [5, 5.41) is 2.94. The van der Waals surface area contributed by atoms with Crippen LogP contribution in [0, 0.1) is 11.6 Å². The van der Waals surface area contributed by atoms with E-state index >= 15 is 4.39 Å². The minimum absolute atomic E-state index is 0.0336. The second-order valence-corrected chi connectivity index (χ2v) is 13.8. The summed E-state index contributed by atoms with van der Waals surface area (Å²) >= 11 is 0. The normalized spacial score (nSPS) is 22.6.